The maximum atomic E-state index is 6.31. The van der Waals surface area contributed by atoms with Gasteiger partial charge in [0.15, 0.2) is 0 Å². The number of imidazole rings is 1. The molecule has 1 atom stereocenters. The normalized spacial score (nSPS) is 17.1. The summed E-state index contributed by atoms with van der Waals surface area (Å²) < 4.78 is 2.28. The Balaban J connectivity index is 1.91. The highest BCUT2D eigenvalue weighted by molar-refractivity contribution is 6.20. The van der Waals surface area contributed by atoms with E-state index in [4.69, 9.17) is 16.6 Å². The Hall–Kier alpha value is -1.06. The molecule has 20 heavy (non-hydrogen) atoms. The second-order valence-electron chi connectivity index (χ2n) is 5.94. The molecule has 2 aromatic rings. The number of halogens is 1. The fourth-order valence-electron chi connectivity index (χ4n) is 2.75. The predicted molar refractivity (Wildman–Crippen MR) is 84.4 cm³/mol. The highest BCUT2D eigenvalue weighted by atomic mass is 35.5. The number of fused-ring (bicyclic) bond motifs is 1. The Morgan fingerprint density at radius 2 is 2.20 bits per heavy atom. The van der Waals surface area contributed by atoms with Crippen LogP contribution in [0.4, 0.5) is 0 Å². The quantitative estimate of drug-likeness (QED) is 0.783. The summed E-state index contributed by atoms with van der Waals surface area (Å²) in [5.74, 6) is 0.983. The van der Waals surface area contributed by atoms with Crippen molar-refractivity contribution >= 4 is 22.6 Å². The van der Waals surface area contributed by atoms with E-state index in [-0.39, 0.29) is 5.38 Å². The van der Waals surface area contributed by atoms with Gasteiger partial charge in [0.25, 0.3) is 0 Å². The van der Waals surface area contributed by atoms with Gasteiger partial charge >= 0.3 is 0 Å². The van der Waals surface area contributed by atoms with Crippen LogP contribution in [0.25, 0.3) is 11.0 Å². The molecule has 1 aromatic heterocycles. The smallest absolute Gasteiger partial charge is 0.127 e. The van der Waals surface area contributed by atoms with Crippen LogP contribution < -0.4 is 0 Å². The van der Waals surface area contributed by atoms with E-state index in [2.05, 4.69) is 41.6 Å². The molecule has 108 valence electrons. The van der Waals surface area contributed by atoms with Crippen molar-refractivity contribution in [1.29, 1.82) is 0 Å². The van der Waals surface area contributed by atoms with Gasteiger partial charge in [-0.15, -0.1) is 11.6 Å². The first-order valence-corrected chi connectivity index (χ1v) is 7.81. The molecular formula is C16H22ClN3. The van der Waals surface area contributed by atoms with E-state index in [0.29, 0.717) is 0 Å². The SMILES string of the molecule is Cc1ccc2c(c1)nc(C(C)Cl)n2CCN(C)C1CC1. The molecule has 0 bridgehead atoms. The molecule has 1 saturated carbocycles. The minimum Gasteiger partial charge on any atom is -0.325 e. The molecule has 0 radical (unpaired) electrons. The van der Waals surface area contributed by atoms with Gasteiger partial charge in [-0.2, -0.15) is 0 Å². The molecule has 4 heteroatoms. The first kappa shape index (κ1) is 13.9. The fraction of sp³-hybridized carbons (Fsp3) is 0.562. The molecule has 1 heterocycles. The first-order chi connectivity index (χ1) is 9.56. The average molecular weight is 292 g/mol. The molecule has 0 saturated heterocycles. The van der Waals surface area contributed by atoms with Crippen LogP contribution in [-0.2, 0) is 6.54 Å². The number of rotatable bonds is 5. The summed E-state index contributed by atoms with van der Waals surface area (Å²) in [5.41, 5.74) is 3.50. The second-order valence-corrected chi connectivity index (χ2v) is 6.60. The zero-order valence-corrected chi connectivity index (χ0v) is 13.2. The molecule has 1 fully saturated rings. The lowest BCUT2D eigenvalue weighted by Crippen LogP contribution is -2.25. The zero-order chi connectivity index (χ0) is 14.3. The molecule has 0 aliphatic heterocycles. The van der Waals surface area contributed by atoms with Crippen molar-refractivity contribution in [3.05, 3.63) is 29.6 Å². The Morgan fingerprint density at radius 3 is 2.85 bits per heavy atom. The minimum atomic E-state index is -0.0612. The maximum Gasteiger partial charge on any atom is 0.127 e. The average Bonchev–Trinajstić information content (AvgIpc) is 3.18. The van der Waals surface area contributed by atoms with Crippen LogP contribution in [0, 0.1) is 6.92 Å². The van der Waals surface area contributed by atoms with E-state index in [1.165, 1.54) is 23.9 Å². The van der Waals surface area contributed by atoms with Gasteiger partial charge in [-0.05, 0) is 51.4 Å². The number of likely N-dealkylation sites (N-methyl/N-ethyl adjacent to an activating group) is 1. The Bertz CT molecular complexity index is 613. The van der Waals surface area contributed by atoms with Crippen LogP contribution in [0.2, 0.25) is 0 Å². The van der Waals surface area contributed by atoms with Crippen molar-refractivity contribution in [2.75, 3.05) is 13.6 Å². The van der Waals surface area contributed by atoms with Gasteiger partial charge < -0.3 is 9.47 Å². The van der Waals surface area contributed by atoms with E-state index in [1.54, 1.807) is 0 Å². The lowest BCUT2D eigenvalue weighted by molar-refractivity contribution is 0.309. The molecular weight excluding hydrogens is 270 g/mol. The van der Waals surface area contributed by atoms with Crippen LogP contribution >= 0.6 is 11.6 Å². The molecule has 1 aliphatic carbocycles. The van der Waals surface area contributed by atoms with Crippen LogP contribution in [0.5, 0.6) is 0 Å². The summed E-state index contributed by atoms with van der Waals surface area (Å²) in [6.07, 6.45) is 2.69. The number of aromatic nitrogens is 2. The zero-order valence-electron chi connectivity index (χ0n) is 12.4. The van der Waals surface area contributed by atoms with Gasteiger partial charge in [-0.3, -0.25) is 0 Å². The van der Waals surface area contributed by atoms with Crippen LogP contribution in [0.1, 0.15) is 36.5 Å². The van der Waals surface area contributed by atoms with Gasteiger partial charge in [0.2, 0.25) is 0 Å². The summed E-state index contributed by atoms with van der Waals surface area (Å²) in [4.78, 5) is 7.17. The molecule has 0 N–H and O–H groups in total. The van der Waals surface area contributed by atoms with E-state index in [9.17, 15) is 0 Å². The fourth-order valence-corrected chi connectivity index (χ4v) is 2.92. The third kappa shape index (κ3) is 2.70. The molecule has 0 spiro atoms. The third-order valence-electron chi connectivity index (χ3n) is 4.14. The largest absolute Gasteiger partial charge is 0.325 e. The maximum absolute atomic E-state index is 6.31. The summed E-state index contributed by atoms with van der Waals surface area (Å²) in [6.45, 7) is 6.11. The lowest BCUT2D eigenvalue weighted by Gasteiger charge is -2.18. The van der Waals surface area contributed by atoms with Gasteiger partial charge in [-0.1, -0.05) is 6.07 Å². The highest BCUT2D eigenvalue weighted by Gasteiger charge is 2.26. The van der Waals surface area contributed by atoms with Crippen molar-refractivity contribution in [3.63, 3.8) is 0 Å². The summed E-state index contributed by atoms with van der Waals surface area (Å²) >= 11 is 6.31. The van der Waals surface area contributed by atoms with E-state index < -0.39 is 0 Å². The first-order valence-electron chi connectivity index (χ1n) is 7.37. The molecule has 1 aromatic carbocycles. The molecule has 0 amide bonds. The number of alkyl halides is 1. The van der Waals surface area contributed by atoms with Gasteiger partial charge in [-0.25, -0.2) is 4.98 Å². The number of nitrogens with zero attached hydrogens (tertiary/aromatic N) is 3. The topological polar surface area (TPSA) is 21.1 Å². The third-order valence-corrected chi connectivity index (χ3v) is 4.33. The van der Waals surface area contributed by atoms with Crippen molar-refractivity contribution in [2.45, 2.75) is 44.7 Å². The van der Waals surface area contributed by atoms with Crippen molar-refractivity contribution < 1.29 is 0 Å². The number of benzene rings is 1. The van der Waals surface area contributed by atoms with Gasteiger partial charge in [0.1, 0.15) is 5.82 Å². The minimum absolute atomic E-state index is 0.0612. The van der Waals surface area contributed by atoms with Crippen LogP contribution in [-0.4, -0.2) is 34.1 Å². The molecule has 3 rings (SSSR count). The Morgan fingerprint density at radius 1 is 1.45 bits per heavy atom. The number of hydrogen-bond acceptors (Lipinski definition) is 2. The van der Waals surface area contributed by atoms with Gasteiger partial charge in [0.05, 0.1) is 16.4 Å². The van der Waals surface area contributed by atoms with Crippen molar-refractivity contribution in [3.8, 4) is 0 Å². The highest BCUT2D eigenvalue weighted by Crippen LogP contribution is 2.27. The van der Waals surface area contributed by atoms with Crippen LogP contribution in [0.3, 0.4) is 0 Å². The second kappa shape index (κ2) is 5.38. The molecule has 1 unspecified atom stereocenters. The van der Waals surface area contributed by atoms with Crippen molar-refractivity contribution in [1.82, 2.24) is 14.5 Å². The van der Waals surface area contributed by atoms with E-state index >= 15 is 0 Å². The summed E-state index contributed by atoms with van der Waals surface area (Å²) in [7, 11) is 2.21. The van der Waals surface area contributed by atoms with Gasteiger partial charge in [0, 0.05) is 19.1 Å². The summed E-state index contributed by atoms with van der Waals surface area (Å²) in [6, 6.07) is 7.24. The Kier molecular flexibility index (Phi) is 3.74. The Labute approximate surface area is 125 Å². The van der Waals surface area contributed by atoms with Crippen molar-refractivity contribution in [2.24, 2.45) is 0 Å². The molecule has 1 aliphatic rings. The molecule has 3 nitrogen and oxygen atoms in total. The number of hydrogen-bond donors (Lipinski definition) is 0. The standard InChI is InChI=1S/C16H22ClN3/c1-11-4-7-15-14(10-11)18-16(12(2)17)20(15)9-8-19(3)13-5-6-13/h4,7,10,12-13H,5-6,8-9H2,1-3H3. The van der Waals surface area contributed by atoms with Crippen LogP contribution in [0.15, 0.2) is 18.2 Å². The van der Waals surface area contributed by atoms with E-state index in [1.807, 2.05) is 6.92 Å². The monoisotopic (exact) mass is 291 g/mol. The number of aryl methyl sites for hydroxylation is 1. The lowest BCUT2D eigenvalue weighted by atomic mass is 10.2. The van der Waals surface area contributed by atoms with E-state index in [0.717, 1.165) is 30.5 Å². The predicted octanol–water partition coefficient (Wildman–Crippen LogP) is 3.74. The summed E-state index contributed by atoms with van der Waals surface area (Å²) in [5, 5.41) is -0.0612.